The first-order valence-corrected chi connectivity index (χ1v) is 8.54. The van der Waals surface area contributed by atoms with Gasteiger partial charge in [0.2, 0.25) is 5.91 Å². The van der Waals surface area contributed by atoms with E-state index in [0.29, 0.717) is 0 Å². The minimum atomic E-state index is -0.279. The van der Waals surface area contributed by atoms with Crippen molar-refractivity contribution >= 4 is 35.0 Å². The molecule has 2 rings (SSSR count). The highest BCUT2D eigenvalue weighted by atomic mass is 35.5. The van der Waals surface area contributed by atoms with Gasteiger partial charge in [-0.2, -0.15) is 0 Å². The predicted molar refractivity (Wildman–Crippen MR) is 90.4 cm³/mol. The Balaban J connectivity index is 2.12. The quantitative estimate of drug-likeness (QED) is 0.756. The summed E-state index contributed by atoms with van der Waals surface area (Å²) in [6.07, 6.45) is 0.991. The SMILES string of the molecule is CCCNC1C(=O)Nc2cc(SCCN(C)C)c(Cl)cc21. The van der Waals surface area contributed by atoms with Crippen molar-refractivity contribution in [3.63, 3.8) is 0 Å². The molecule has 1 atom stereocenters. The summed E-state index contributed by atoms with van der Waals surface area (Å²) in [5.41, 5.74) is 1.83. The third kappa shape index (κ3) is 4.13. The van der Waals surface area contributed by atoms with Crippen LogP contribution in [0.3, 0.4) is 0 Å². The van der Waals surface area contributed by atoms with E-state index in [1.165, 1.54) is 0 Å². The van der Waals surface area contributed by atoms with Crippen LogP contribution in [-0.2, 0) is 4.79 Å². The molecule has 1 unspecified atom stereocenters. The summed E-state index contributed by atoms with van der Waals surface area (Å²) >= 11 is 8.09. The van der Waals surface area contributed by atoms with Gasteiger partial charge in [-0.25, -0.2) is 0 Å². The lowest BCUT2D eigenvalue weighted by atomic mass is 10.1. The molecule has 0 saturated heterocycles. The number of rotatable bonds is 7. The van der Waals surface area contributed by atoms with Gasteiger partial charge in [0, 0.05) is 28.4 Å². The van der Waals surface area contributed by atoms with Crippen LogP contribution < -0.4 is 10.6 Å². The highest BCUT2D eigenvalue weighted by Crippen LogP contribution is 2.38. The number of hydrogen-bond acceptors (Lipinski definition) is 4. The summed E-state index contributed by atoms with van der Waals surface area (Å²) < 4.78 is 0. The van der Waals surface area contributed by atoms with Gasteiger partial charge in [-0.05, 0) is 39.2 Å². The number of amides is 1. The second-order valence-electron chi connectivity index (χ2n) is 5.40. The fourth-order valence-electron chi connectivity index (χ4n) is 2.20. The van der Waals surface area contributed by atoms with E-state index in [1.54, 1.807) is 11.8 Å². The van der Waals surface area contributed by atoms with Gasteiger partial charge in [-0.3, -0.25) is 4.79 Å². The van der Waals surface area contributed by atoms with Gasteiger partial charge in [-0.1, -0.05) is 18.5 Å². The topological polar surface area (TPSA) is 44.4 Å². The van der Waals surface area contributed by atoms with E-state index in [9.17, 15) is 4.79 Å². The van der Waals surface area contributed by atoms with E-state index < -0.39 is 0 Å². The van der Waals surface area contributed by atoms with E-state index >= 15 is 0 Å². The lowest BCUT2D eigenvalue weighted by Gasteiger charge is -2.13. The smallest absolute Gasteiger partial charge is 0.246 e. The van der Waals surface area contributed by atoms with Gasteiger partial charge in [0.1, 0.15) is 6.04 Å². The number of carbonyl (C=O) groups is 1. The molecule has 0 spiro atoms. The largest absolute Gasteiger partial charge is 0.324 e. The molecule has 1 heterocycles. The van der Waals surface area contributed by atoms with Crippen LogP contribution in [0.25, 0.3) is 0 Å². The average Bonchev–Trinajstić information content (AvgIpc) is 2.71. The van der Waals surface area contributed by atoms with Crippen molar-refractivity contribution in [3.8, 4) is 0 Å². The molecule has 1 aliphatic heterocycles. The summed E-state index contributed by atoms with van der Waals surface area (Å²) in [4.78, 5) is 15.2. The molecular weight excluding hydrogens is 306 g/mol. The average molecular weight is 328 g/mol. The van der Waals surface area contributed by atoms with Crippen LogP contribution in [0, 0.1) is 0 Å². The van der Waals surface area contributed by atoms with E-state index in [0.717, 1.165) is 46.4 Å². The number of benzene rings is 1. The minimum Gasteiger partial charge on any atom is -0.324 e. The first-order chi connectivity index (χ1) is 10.0. The molecule has 1 aromatic carbocycles. The van der Waals surface area contributed by atoms with E-state index in [1.807, 2.05) is 12.1 Å². The number of nitrogens with zero attached hydrogens (tertiary/aromatic N) is 1. The first-order valence-electron chi connectivity index (χ1n) is 7.18. The van der Waals surface area contributed by atoms with Gasteiger partial charge < -0.3 is 15.5 Å². The molecule has 0 radical (unpaired) electrons. The molecule has 21 heavy (non-hydrogen) atoms. The van der Waals surface area contributed by atoms with Crippen LogP contribution >= 0.6 is 23.4 Å². The maximum atomic E-state index is 12.0. The Labute approximate surface area is 135 Å². The third-order valence-corrected chi connectivity index (χ3v) is 4.79. The molecule has 1 amide bonds. The Hall–Kier alpha value is -0.750. The Bertz CT molecular complexity index is 522. The standard InChI is InChI=1S/C15H22ClN3OS/c1-4-5-17-14-10-8-11(16)13(21-7-6-19(2)3)9-12(10)18-15(14)20/h8-9,14,17H,4-7H2,1-3H3,(H,18,20). The number of anilines is 1. The Kier molecular flexibility index (Phi) is 5.93. The number of carbonyl (C=O) groups excluding carboxylic acids is 1. The summed E-state index contributed by atoms with van der Waals surface area (Å²) in [7, 11) is 4.10. The maximum absolute atomic E-state index is 12.0. The highest BCUT2D eigenvalue weighted by molar-refractivity contribution is 7.99. The fourth-order valence-corrected chi connectivity index (χ4v) is 3.61. The summed E-state index contributed by atoms with van der Waals surface area (Å²) in [6, 6.07) is 3.63. The van der Waals surface area contributed by atoms with Crippen LogP contribution in [0.2, 0.25) is 5.02 Å². The molecule has 0 aliphatic carbocycles. The molecule has 1 aromatic rings. The Morgan fingerprint density at radius 1 is 1.43 bits per heavy atom. The Morgan fingerprint density at radius 3 is 2.86 bits per heavy atom. The number of halogens is 1. The summed E-state index contributed by atoms with van der Waals surface area (Å²) in [5.74, 6) is 0.974. The second kappa shape index (κ2) is 7.49. The van der Waals surface area contributed by atoms with Gasteiger partial charge in [0.05, 0.1) is 5.02 Å². The van der Waals surface area contributed by atoms with E-state index in [2.05, 4.69) is 36.6 Å². The van der Waals surface area contributed by atoms with Crippen LogP contribution in [-0.4, -0.2) is 43.7 Å². The molecular formula is C15H22ClN3OS. The maximum Gasteiger partial charge on any atom is 0.246 e. The van der Waals surface area contributed by atoms with E-state index in [4.69, 9.17) is 11.6 Å². The molecule has 6 heteroatoms. The Morgan fingerprint density at radius 2 is 2.19 bits per heavy atom. The van der Waals surface area contributed by atoms with Gasteiger partial charge in [0.15, 0.2) is 0 Å². The number of nitrogens with one attached hydrogen (secondary N) is 2. The van der Waals surface area contributed by atoms with Crippen molar-refractivity contribution in [1.82, 2.24) is 10.2 Å². The van der Waals surface area contributed by atoms with Crippen molar-refractivity contribution in [2.45, 2.75) is 24.3 Å². The molecule has 0 saturated carbocycles. The van der Waals surface area contributed by atoms with Crippen molar-refractivity contribution in [2.75, 3.05) is 38.3 Å². The molecule has 116 valence electrons. The molecule has 2 N–H and O–H groups in total. The van der Waals surface area contributed by atoms with Gasteiger partial charge in [-0.15, -0.1) is 11.8 Å². The number of hydrogen-bond donors (Lipinski definition) is 2. The van der Waals surface area contributed by atoms with Crippen molar-refractivity contribution < 1.29 is 4.79 Å². The fraction of sp³-hybridized carbons (Fsp3) is 0.533. The monoisotopic (exact) mass is 327 g/mol. The molecule has 4 nitrogen and oxygen atoms in total. The normalized spacial score (nSPS) is 17.2. The summed E-state index contributed by atoms with van der Waals surface area (Å²) in [5, 5.41) is 6.92. The second-order valence-corrected chi connectivity index (χ2v) is 6.94. The zero-order valence-electron chi connectivity index (χ0n) is 12.7. The van der Waals surface area contributed by atoms with Gasteiger partial charge >= 0.3 is 0 Å². The minimum absolute atomic E-state index is 0.00459. The van der Waals surface area contributed by atoms with Crippen LogP contribution in [0.15, 0.2) is 17.0 Å². The third-order valence-electron chi connectivity index (χ3n) is 3.33. The van der Waals surface area contributed by atoms with Crippen LogP contribution in [0.5, 0.6) is 0 Å². The number of fused-ring (bicyclic) bond motifs is 1. The molecule has 0 bridgehead atoms. The lowest BCUT2D eigenvalue weighted by molar-refractivity contribution is -0.117. The molecule has 1 aliphatic rings. The number of thioether (sulfide) groups is 1. The van der Waals surface area contributed by atoms with Crippen LogP contribution in [0.4, 0.5) is 5.69 Å². The lowest BCUT2D eigenvalue weighted by Crippen LogP contribution is -2.27. The molecule has 0 aromatic heterocycles. The van der Waals surface area contributed by atoms with Gasteiger partial charge in [0.25, 0.3) is 0 Å². The predicted octanol–water partition coefficient (Wildman–Crippen LogP) is 2.99. The first kappa shape index (κ1) is 16.6. The zero-order chi connectivity index (χ0) is 15.4. The van der Waals surface area contributed by atoms with Crippen molar-refractivity contribution in [3.05, 3.63) is 22.7 Å². The van der Waals surface area contributed by atoms with Crippen LogP contribution in [0.1, 0.15) is 24.9 Å². The zero-order valence-corrected chi connectivity index (χ0v) is 14.3. The highest BCUT2D eigenvalue weighted by Gasteiger charge is 2.30. The van der Waals surface area contributed by atoms with E-state index in [-0.39, 0.29) is 11.9 Å². The summed E-state index contributed by atoms with van der Waals surface area (Å²) in [6.45, 7) is 3.89. The molecule has 0 fully saturated rings. The van der Waals surface area contributed by atoms with Crippen molar-refractivity contribution in [2.24, 2.45) is 0 Å². The van der Waals surface area contributed by atoms with Crippen molar-refractivity contribution in [1.29, 1.82) is 0 Å².